The Morgan fingerprint density at radius 3 is 2.73 bits per heavy atom. The van der Waals surface area contributed by atoms with Gasteiger partial charge in [-0.15, -0.1) is 0 Å². The monoisotopic (exact) mass is 524 g/mol. The Labute approximate surface area is 219 Å². The molecule has 3 aromatic heterocycles. The van der Waals surface area contributed by atoms with Gasteiger partial charge < -0.3 is 25.5 Å². The SMILES string of the molecule is CC[C@]1(CCc2cc(F)c3cc(Cl)c(N)nc3c2)CC(n2ccc3c(N)ncnc32)[C@@H]2OC(C)(C)O[C@@H]21. The first-order valence-corrected chi connectivity index (χ1v) is 13.0. The van der Waals surface area contributed by atoms with E-state index in [9.17, 15) is 4.39 Å². The Hall–Kier alpha value is -3.01. The van der Waals surface area contributed by atoms with Crippen molar-refractivity contribution in [3.05, 3.63) is 53.2 Å². The number of fused-ring (bicyclic) bond motifs is 3. The highest BCUT2D eigenvalue weighted by molar-refractivity contribution is 6.33. The summed E-state index contributed by atoms with van der Waals surface area (Å²) in [4.78, 5) is 13.0. The summed E-state index contributed by atoms with van der Waals surface area (Å²) in [5, 5.41) is 1.44. The molecule has 1 aliphatic carbocycles. The molecule has 4 heterocycles. The summed E-state index contributed by atoms with van der Waals surface area (Å²) in [5.41, 5.74) is 14.0. The van der Waals surface area contributed by atoms with Gasteiger partial charge in [0, 0.05) is 17.0 Å². The molecular weight excluding hydrogens is 495 g/mol. The number of aromatic nitrogens is 4. The van der Waals surface area contributed by atoms with Crippen LogP contribution in [-0.4, -0.2) is 37.5 Å². The van der Waals surface area contributed by atoms with Crippen LogP contribution in [0, 0.1) is 11.2 Å². The maximum Gasteiger partial charge on any atom is 0.163 e. The number of ether oxygens (including phenoxy) is 2. The van der Waals surface area contributed by atoms with Crippen molar-refractivity contribution in [2.45, 2.75) is 70.5 Å². The molecule has 0 radical (unpaired) electrons. The zero-order valence-corrected chi connectivity index (χ0v) is 21.8. The molecule has 2 fully saturated rings. The van der Waals surface area contributed by atoms with Gasteiger partial charge in [-0.3, -0.25) is 0 Å². The van der Waals surface area contributed by atoms with Crippen LogP contribution in [0.4, 0.5) is 16.0 Å². The minimum absolute atomic E-state index is 0.00970. The van der Waals surface area contributed by atoms with Gasteiger partial charge >= 0.3 is 0 Å². The molecule has 4 aromatic rings. The van der Waals surface area contributed by atoms with Gasteiger partial charge in [-0.2, -0.15) is 0 Å². The minimum Gasteiger partial charge on any atom is -0.383 e. The van der Waals surface area contributed by atoms with Gasteiger partial charge in [0.1, 0.15) is 35.5 Å². The van der Waals surface area contributed by atoms with Crippen molar-refractivity contribution in [3.63, 3.8) is 0 Å². The van der Waals surface area contributed by atoms with E-state index in [1.165, 1.54) is 12.4 Å². The molecule has 8 nitrogen and oxygen atoms in total. The molecule has 6 rings (SSSR count). The molecule has 1 saturated carbocycles. The van der Waals surface area contributed by atoms with Crippen LogP contribution < -0.4 is 11.5 Å². The van der Waals surface area contributed by atoms with Gasteiger partial charge in [0.2, 0.25) is 0 Å². The molecular formula is C27H30ClFN6O2. The zero-order chi connectivity index (χ0) is 26.1. The lowest BCUT2D eigenvalue weighted by molar-refractivity contribution is -0.170. The molecule has 4 N–H and O–H groups in total. The van der Waals surface area contributed by atoms with Crippen LogP contribution in [0.2, 0.25) is 5.02 Å². The molecule has 0 bridgehead atoms. The van der Waals surface area contributed by atoms with Crippen molar-refractivity contribution in [1.82, 2.24) is 19.5 Å². The Morgan fingerprint density at radius 1 is 1.14 bits per heavy atom. The van der Waals surface area contributed by atoms with Crippen LogP contribution in [-0.2, 0) is 15.9 Å². The van der Waals surface area contributed by atoms with Crippen LogP contribution in [0.5, 0.6) is 0 Å². The number of halogens is 2. The average molecular weight is 525 g/mol. The topological polar surface area (TPSA) is 114 Å². The maximum absolute atomic E-state index is 15.0. The lowest BCUT2D eigenvalue weighted by Crippen LogP contribution is -2.36. The van der Waals surface area contributed by atoms with E-state index in [-0.39, 0.29) is 40.3 Å². The first-order valence-electron chi connectivity index (χ1n) is 12.6. The number of hydrogen-bond acceptors (Lipinski definition) is 7. The third kappa shape index (κ3) is 3.91. The highest BCUT2D eigenvalue weighted by atomic mass is 35.5. The maximum atomic E-state index is 15.0. The van der Waals surface area contributed by atoms with E-state index >= 15 is 0 Å². The molecule has 0 amide bonds. The van der Waals surface area contributed by atoms with Gasteiger partial charge in [-0.25, -0.2) is 19.3 Å². The summed E-state index contributed by atoms with van der Waals surface area (Å²) in [5.74, 6) is -0.411. The number of pyridine rings is 1. The smallest absolute Gasteiger partial charge is 0.163 e. The third-order valence-electron chi connectivity index (χ3n) is 8.16. The van der Waals surface area contributed by atoms with Gasteiger partial charge in [-0.05, 0) is 69.4 Å². The lowest BCUT2D eigenvalue weighted by atomic mass is 9.76. The Kier molecular flexibility index (Phi) is 5.60. The molecule has 4 atom stereocenters. The fraction of sp³-hybridized carbons (Fsp3) is 0.444. The fourth-order valence-corrected chi connectivity index (χ4v) is 6.44. The number of anilines is 2. The second-order valence-electron chi connectivity index (χ2n) is 10.7. The summed E-state index contributed by atoms with van der Waals surface area (Å²) in [6.07, 6.45) is 6.41. The predicted octanol–water partition coefficient (Wildman–Crippen LogP) is 5.43. The van der Waals surface area contributed by atoms with Gasteiger partial charge in [0.15, 0.2) is 5.79 Å². The Balaban J connectivity index is 1.35. The van der Waals surface area contributed by atoms with Crippen molar-refractivity contribution in [3.8, 4) is 0 Å². The standard InChI is InChI=1S/C27H30ClFN6O2/c1-4-27(7-5-14-9-18(29)16-11-17(28)24(31)34-19(16)10-14)12-20(21-22(27)37-26(2,3)36-21)35-8-6-15-23(30)32-13-33-25(15)35/h6,8-11,13,20-22H,4-5,7,12H2,1-3H3,(H2,31,34)(H2,30,32,33)/t20?,21-,22-,27-/m0/s1. The summed E-state index contributed by atoms with van der Waals surface area (Å²) in [6, 6.07) is 6.96. The summed E-state index contributed by atoms with van der Waals surface area (Å²) < 4.78 is 30.2. The number of hydrogen-bond donors (Lipinski definition) is 2. The number of nitrogens with zero attached hydrogens (tertiary/aromatic N) is 4. The van der Waals surface area contributed by atoms with E-state index in [0.29, 0.717) is 23.1 Å². The molecule has 37 heavy (non-hydrogen) atoms. The van der Waals surface area contributed by atoms with E-state index in [1.54, 1.807) is 6.07 Å². The molecule has 1 aromatic carbocycles. The third-order valence-corrected chi connectivity index (χ3v) is 8.47. The normalized spacial score (nSPS) is 26.8. The van der Waals surface area contributed by atoms with Gasteiger partial charge in [0.25, 0.3) is 0 Å². The number of benzene rings is 1. The highest BCUT2D eigenvalue weighted by Gasteiger charge is 2.60. The first kappa shape index (κ1) is 24.3. The molecule has 194 valence electrons. The Bertz CT molecular complexity index is 1520. The van der Waals surface area contributed by atoms with Gasteiger partial charge in [-0.1, -0.05) is 18.5 Å². The molecule has 1 unspecified atom stereocenters. The molecule has 2 aliphatic rings. The second kappa shape index (κ2) is 8.51. The van der Waals surface area contributed by atoms with Crippen LogP contribution in [0.1, 0.15) is 51.6 Å². The number of nitrogen functional groups attached to an aromatic ring is 2. The first-order chi connectivity index (χ1) is 17.6. The highest BCUT2D eigenvalue weighted by Crippen LogP contribution is 2.57. The van der Waals surface area contributed by atoms with Crippen LogP contribution in [0.25, 0.3) is 21.9 Å². The molecule has 1 aliphatic heterocycles. The van der Waals surface area contributed by atoms with Crippen molar-refractivity contribution in [1.29, 1.82) is 0 Å². The Morgan fingerprint density at radius 2 is 1.95 bits per heavy atom. The zero-order valence-electron chi connectivity index (χ0n) is 21.0. The van der Waals surface area contributed by atoms with Gasteiger partial charge in [0.05, 0.1) is 28.1 Å². The van der Waals surface area contributed by atoms with E-state index in [2.05, 4.69) is 26.4 Å². The largest absolute Gasteiger partial charge is 0.383 e. The van der Waals surface area contributed by atoms with E-state index in [1.807, 2.05) is 32.2 Å². The van der Waals surface area contributed by atoms with E-state index in [0.717, 1.165) is 35.9 Å². The molecule has 10 heteroatoms. The van der Waals surface area contributed by atoms with Crippen LogP contribution in [0.3, 0.4) is 0 Å². The summed E-state index contributed by atoms with van der Waals surface area (Å²) in [7, 11) is 0. The fourth-order valence-electron chi connectivity index (χ4n) is 6.29. The quantitative estimate of drug-likeness (QED) is 0.357. The number of aryl methyl sites for hydroxylation is 1. The summed E-state index contributed by atoms with van der Waals surface area (Å²) in [6.45, 7) is 6.10. The number of rotatable bonds is 5. The second-order valence-corrected chi connectivity index (χ2v) is 11.1. The average Bonchev–Trinajstić information content (AvgIpc) is 3.50. The van der Waals surface area contributed by atoms with Crippen LogP contribution >= 0.6 is 11.6 Å². The number of nitrogens with two attached hydrogens (primary N) is 2. The van der Waals surface area contributed by atoms with E-state index < -0.39 is 5.79 Å². The van der Waals surface area contributed by atoms with Crippen molar-refractivity contribution >= 4 is 45.2 Å². The molecule has 0 spiro atoms. The van der Waals surface area contributed by atoms with Crippen molar-refractivity contribution in [2.75, 3.05) is 11.5 Å². The van der Waals surface area contributed by atoms with Crippen molar-refractivity contribution < 1.29 is 13.9 Å². The lowest BCUT2D eigenvalue weighted by Gasteiger charge is -2.34. The molecule has 1 saturated heterocycles. The summed E-state index contributed by atoms with van der Waals surface area (Å²) >= 11 is 6.06. The van der Waals surface area contributed by atoms with E-state index in [4.69, 9.17) is 32.5 Å². The van der Waals surface area contributed by atoms with Crippen LogP contribution in [0.15, 0.2) is 36.8 Å². The predicted molar refractivity (Wildman–Crippen MR) is 142 cm³/mol. The van der Waals surface area contributed by atoms with Crippen molar-refractivity contribution in [2.24, 2.45) is 5.41 Å². The minimum atomic E-state index is -0.707.